The second kappa shape index (κ2) is 8.01. The van der Waals surface area contributed by atoms with Crippen molar-refractivity contribution in [1.29, 1.82) is 0 Å². The van der Waals surface area contributed by atoms with Gasteiger partial charge in [0.05, 0.1) is 10.8 Å². The first-order valence-electron chi connectivity index (χ1n) is 8.85. The van der Waals surface area contributed by atoms with Crippen LogP contribution in [0.5, 0.6) is 0 Å². The monoisotopic (exact) mass is 372 g/mol. The number of carbonyl (C=O) groups is 1. The second-order valence-corrected chi connectivity index (χ2v) is 8.66. The maximum absolute atomic E-state index is 12.8. The zero-order chi connectivity index (χ0) is 18.6. The summed E-state index contributed by atoms with van der Waals surface area (Å²) >= 11 is 0. The number of hydrogen-bond acceptors (Lipinski definition) is 3. The molecule has 5 nitrogen and oxygen atoms in total. The smallest absolute Gasteiger partial charge is 0.243 e. The summed E-state index contributed by atoms with van der Waals surface area (Å²) in [4.78, 5) is 12.8. The van der Waals surface area contributed by atoms with E-state index in [0.717, 1.165) is 11.1 Å². The highest BCUT2D eigenvalue weighted by molar-refractivity contribution is 7.89. The molecule has 1 heterocycles. The van der Waals surface area contributed by atoms with Gasteiger partial charge < -0.3 is 5.32 Å². The third-order valence-electron chi connectivity index (χ3n) is 4.72. The van der Waals surface area contributed by atoms with Crippen molar-refractivity contribution in [2.24, 2.45) is 5.92 Å². The number of hydrogen-bond donors (Lipinski definition) is 1. The molecule has 0 radical (unpaired) electrons. The standard InChI is InChI=1S/C20H24N2O3S/c1-16-9-11-19(12-10-16)26(24,25)22-13-5-8-18(15-22)20(23)21-14-17-6-3-2-4-7-17/h2-4,6-7,9-12,18H,5,8,13-15H2,1H3,(H,21,23)/t18-/m1/s1. The van der Waals surface area contributed by atoms with Crippen LogP contribution in [-0.2, 0) is 21.4 Å². The van der Waals surface area contributed by atoms with E-state index in [-0.39, 0.29) is 23.3 Å². The minimum Gasteiger partial charge on any atom is -0.352 e. The van der Waals surface area contributed by atoms with Crippen LogP contribution in [0.2, 0.25) is 0 Å². The van der Waals surface area contributed by atoms with Crippen molar-refractivity contribution in [3.63, 3.8) is 0 Å². The van der Waals surface area contributed by atoms with Crippen molar-refractivity contribution in [3.8, 4) is 0 Å². The quantitative estimate of drug-likeness (QED) is 0.878. The molecule has 1 amide bonds. The number of carbonyl (C=O) groups excluding carboxylic acids is 1. The molecule has 0 aliphatic carbocycles. The average molecular weight is 372 g/mol. The molecule has 0 spiro atoms. The fraction of sp³-hybridized carbons (Fsp3) is 0.350. The molecule has 6 heteroatoms. The zero-order valence-electron chi connectivity index (χ0n) is 14.9. The highest BCUT2D eigenvalue weighted by Gasteiger charge is 2.33. The van der Waals surface area contributed by atoms with Gasteiger partial charge in [0.1, 0.15) is 0 Å². The summed E-state index contributed by atoms with van der Waals surface area (Å²) in [7, 11) is -3.56. The highest BCUT2D eigenvalue weighted by Crippen LogP contribution is 2.24. The van der Waals surface area contributed by atoms with Crippen LogP contribution in [0.4, 0.5) is 0 Å². The van der Waals surface area contributed by atoms with Gasteiger partial charge in [-0.25, -0.2) is 8.42 Å². The van der Waals surface area contributed by atoms with Gasteiger partial charge in [-0.3, -0.25) is 4.79 Å². The van der Waals surface area contributed by atoms with Crippen LogP contribution >= 0.6 is 0 Å². The number of nitrogens with zero attached hydrogens (tertiary/aromatic N) is 1. The number of aryl methyl sites for hydroxylation is 1. The fourth-order valence-electron chi connectivity index (χ4n) is 3.16. The SMILES string of the molecule is Cc1ccc(S(=O)(=O)N2CCC[C@@H](C(=O)NCc3ccccc3)C2)cc1. The first-order chi connectivity index (χ1) is 12.5. The Morgan fingerprint density at radius 3 is 2.50 bits per heavy atom. The molecule has 1 fully saturated rings. The highest BCUT2D eigenvalue weighted by atomic mass is 32.2. The molecule has 1 atom stereocenters. The molecule has 0 saturated carbocycles. The van der Waals surface area contributed by atoms with Crippen molar-refractivity contribution in [1.82, 2.24) is 9.62 Å². The minimum absolute atomic E-state index is 0.0855. The molecule has 26 heavy (non-hydrogen) atoms. The lowest BCUT2D eigenvalue weighted by Gasteiger charge is -2.31. The summed E-state index contributed by atoms with van der Waals surface area (Å²) in [5, 5.41) is 2.93. The number of nitrogens with one attached hydrogen (secondary N) is 1. The number of piperidine rings is 1. The molecule has 1 aliphatic rings. The van der Waals surface area contributed by atoms with E-state index in [1.807, 2.05) is 37.3 Å². The van der Waals surface area contributed by atoms with E-state index >= 15 is 0 Å². The first-order valence-corrected chi connectivity index (χ1v) is 10.3. The second-order valence-electron chi connectivity index (χ2n) is 6.72. The van der Waals surface area contributed by atoms with Gasteiger partial charge in [0, 0.05) is 19.6 Å². The molecular formula is C20H24N2O3S. The van der Waals surface area contributed by atoms with Gasteiger partial charge in [0.15, 0.2) is 0 Å². The van der Waals surface area contributed by atoms with E-state index in [9.17, 15) is 13.2 Å². The largest absolute Gasteiger partial charge is 0.352 e. The Morgan fingerprint density at radius 1 is 1.12 bits per heavy atom. The molecule has 0 aromatic heterocycles. The zero-order valence-corrected chi connectivity index (χ0v) is 15.7. The van der Waals surface area contributed by atoms with Crippen LogP contribution in [0.3, 0.4) is 0 Å². The normalized spacial score (nSPS) is 18.4. The van der Waals surface area contributed by atoms with Crippen LogP contribution in [0, 0.1) is 12.8 Å². The molecular weight excluding hydrogens is 348 g/mol. The maximum atomic E-state index is 12.8. The average Bonchev–Trinajstić information content (AvgIpc) is 2.67. The van der Waals surface area contributed by atoms with E-state index in [1.54, 1.807) is 24.3 Å². The Kier molecular flexibility index (Phi) is 5.74. The molecule has 0 unspecified atom stereocenters. The molecule has 1 saturated heterocycles. The van der Waals surface area contributed by atoms with Crippen molar-refractivity contribution >= 4 is 15.9 Å². The number of rotatable bonds is 5. The van der Waals surface area contributed by atoms with Gasteiger partial charge in [-0.1, -0.05) is 48.0 Å². The van der Waals surface area contributed by atoms with Crippen LogP contribution < -0.4 is 5.32 Å². The molecule has 1 N–H and O–H groups in total. The van der Waals surface area contributed by atoms with E-state index in [2.05, 4.69) is 5.32 Å². The minimum atomic E-state index is -3.56. The van der Waals surface area contributed by atoms with Crippen LogP contribution in [0.15, 0.2) is 59.5 Å². The summed E-state index contributed by atoms with van der Waals surface area (Å²) in [6.45, 7) is 3.07. The number of sulfonamides is 1. The summed E-state index contributed by atoms with van der Waals surface area (Å²) in [5.74, 6) is -0.398. The molecule has 3 rings (SSSR count). The number of amides is 1. The van der Waals surface area contributed by atoms with E-state index in [0.29, 0.717) is 25.9 Å². The molecule has 2 aromatic rings. The Bertz CT molecular complexity index is 848. The lowest BCUT2D eigenvalue weighted by Crippen LogP contribution is -2.45. The Hall–Kier alpha value is -2.18. The van der Waals surface area contributed by atoms with E-state index in [4.69, 9.17) is 0 Å². The van der Waals surface area contributed by atoms with Gasteiger partial charge in [-0.15, -0.1) is 0 Å². The number of benzene rings is 2. The predicted molar refractivity (Wildman–Crippen MR) is 101 cm³/mol. The third kappa shape index (κ3) is 4.31. The summed E-state index contributed by atoms with van der Waals surface area (Å²) in [5.41, 5.74) is 2.04. The van der Waals surface area contributed by atoms with Gasteiger partial charge in [0.2, 0.25) is 15.9 Å². The molecule has 1 aliphatic heterocycles. The lowest BCUT2D eigenvalue weighted by atomic mass is 9.99. The summed E-state index contributed by atoms with van der Waals surface area (Å²) in [6.07, 6.45) is 1.40. The fourth-order valence-corrected chi connectivity index (χ4v) is 4.69. The van der Waals surface area contributed by atoms with E-state index in [1.165, 1.54) is 4.31 Å². The van der Waals surface area contributed by atoms with Crippen molar-refractivity contribution in [2.45, 2.75) is 31.2 Å². The maximum Gasteiger partial charge on any atom is 0.243 e. The predicted octanol–water partition coefficient (Wildman–Crippen LogP) is 2.71. The van der Waals surface area contributed by atoms with Crippen LogP contribution in [0.25, 0.3) is 0 Å². The van der Waals surface area contributed by atoms with Crippen LogP contribution in [-0.4, -0.2) is 31.7 Å². The Labute approximate surface area is 155 Å². The summed E-state index contributed by atoms with van der Waals surface area (Å²) in [6, 6.07) is 16.5. The Morgan fingerprint density at radius 2 is 1.81 bits per heavy atom. The van der Waals surface area contributed by atoms with Gasteiger partial charge in [-0.05, 0) is 37.5 Å². The molecule has 0 bridgehead atoms. The Balaban J connectivity index is 1.64. The first kappa shape index (κ1) is 18.6. The lowest BCUT2D eigenvalue weighted by molar-refractivity contribution is -0.126. The van der Waals surface area contributed by atoms with Gasteiger partial charge in [-0.2, -0.15) is 4.31 Å². The van der Waals surface area contributed by atoms with Crippen molar-refractivity contribution in [2.75, 3.05) is 13.1 Å². The van der Waals surface area contributed by atoms with Crippen molar-refractivity contribution in [3.05, 3.63) is 65.7 Å². The van der Waals surface area contributed by atoms with Crippen molar-refractivity contribution < 1.29 is 13.2 Å². The van der Waals surface area contributed by atoms with Crippen LogP contribution in [0.1, 0.15) is 24.0 Å². The van der Waals surface area contributed by atoms with Gasteiger partial charge >= 0.3 is 0 Å². The molecule has 138 valence electrons. The summed E-state index contributed by atoms with van der Waals surface area (Å²) < 4.78 is 27.1. The molecule has 2 aromatic carbocycles. The van der Waals surface area contributed by atoms with E-state index < -0.39 is 10.0 Å². The third-order valence-corrected chi connectivity index (χ3v) is 6.60. The topological polar surface area (TPSA) is 66.5 Å². The van der Waals surface area contributed by atoms with Gasteiger partial charge in [0.25, 0.3) is 0 Å².